The van der Waals surface area contributed by atoms with E-state index in [2.05, 4.69) is 14.9 Å². The number of fused-ring (bicyclic) bond motifs is 1. The molecule has 1 heterocycles. The molecule has 3 nitrogen and oxygen atoms in total. The van der Waals surface area contributed by atoms with Gasteiger partial charge in [0.15, 0.2) is 0 Å². The van der Waals surface area contributed by atoms with Crippen molar-refractivity contribution in [2.24, 2.45) is 7.05 Å². The van der Waals surface area contributed by atoms with Gasteiger partial charge in [0.1, 0.15) is 5.82 Å². The van der Waals surface area contributed by atoms with Crippen LogP contribution in [-0.2, 0) is 13.6 Å². The van der Waals surface area contributed by atoms with Gasteiger partial charge in [0.25, 0.3) is 0 Å². The third-order valence-corrected chi connectivity index (χ3v) is 2.51. The van der Waals surface area contributed by atoms with Crippen molar-refractivity contribution in [3.63, 3.8) is 0 Å². The molecule has 0 saturated carbocycles. The minimum absolute atomic E-state index is 0.747. The van der Waals surface area contributed by atoms with Crippen molar-refractivity contribution >= 4 is 22.6 Å². The van der Waals surface area contributed by atoms with Gasteiger partial charge in [-0.2, -0.15) is 0 Å². The maximum atomic E-state index is 5.92. The Labute approximate surface area is 87.7 Å². The first-order valence-electron chi connectivity index (χ1n) is 4.48. The molecule has 0 amide bonds. The third kappa shape index (κ3) is 1.49. The van der Waals surface area contributed by atoms with Crippen LogP contribution in [0.1, 0.15) is 5.82 Å². The second-order valence-electron chi connectivity index (χ2n) is 3.25. The maximum Gasteiger partial charge on any atom is 0.123 e. The summed E-state index contributed by atoms with van der Waals surface area (Å²) in [4.78, 5) is 4.48. The molecular weight excluding hydrogens is 198 g/mol. The standard InChI is InChI=1S/C10H12ClN3/c1-12-6-10-13-8-4-3-7(11)5-9(8)14(10)2/h3-5,12H,6H2,1-2H3. The van der Waals surface area contributed by atoms with Crippen LogP contribution in [0.25, 0.3) is 11.0 Å². The summed E-state index contributed by atoms with van der Waals surface area (Å²) in [5.41, 5.74) is 2.06. The van der Waals surface area contributed by atoms with E-state index >= 15 is 0 Å². The minimum atomic E-state index is 0.747. The van der Waals surface area contributed by atoms with Crippen molar-refractivity contribution in [2.45, 2.75) is 6.54 Å². The zero-order chi connectivity index (χ0) is 10.1. The smallest absolute Gasteiger partial charge is 0.123 e. The van der Waals surface area contributed by atoms with Gasteiger partial charge < -0.3 is 9.88 Å². The fourth-order valence-corrected chi connectivity index (χ4v) is 1.70. The molecule has 1 aromatic carbocycles. The van der Waals surface area contributed by atoms with E-state index in [4.69, 9.17) is 11.6 Å². The molecule has 2 aromatic rings. The molecule has 0 radical (unpaired) electrons. The van der Waals surface area contributed by atoms with Gasteiger partial charge in [0, 0.05) is 12.1 Å². The molecular formula is C10H12ClN3. The molecule has 2 rings (SSSR count). The molecule has 4 heteroatoms. The van der Waals surface area contributed by atoms with Crippen LogP contribution in [0, 0.1) is 0 Å². The van der Waals surface area contributed by atoms with Crippen LogP contribution in [0.4, 0.5) is 0 Å². The highest BCUT2D eigenvalue weighted by molar-refractivity contribution is 6.31. The van der Waals surface area contributed by atoms with E-state index in [0.29, 0.717) is 0 Å². The van der Waals surface area contributed by atoms with Gasteiger partial charge in [0.05, 0.1) is 17.6 Å². The average Bonchev–Trinajstić information content (AvgIpc) is 2.46. The molecule has 0 aliphatic rings. The zero-order valence-electron chi connectivity index (χ0n) is 8.21. The Morgan fingerprint density at radius 1 is 1.50 bits per heavy atom. The number of imidazole rings is 1. The first kappa shape index (κ1) is 9.49. The lowest BCUT2D eigenvalue weighted by molar-refractivity contribution is 0.719. The number of hydrogen-bond acceptors (Lipinski definition) is 2. The average molecular weight is 210 g/mol. The van der Waals surface area contributed by atoms with Crippen LogP contribution >= 0.6 is 11.6 Å². The molecule has 0 bridgehead atoms. The molecule has 0 saturated heterocycles. The molecule has 0 unspecified atom stereocenters. The Morgan fingerprint density at radius 3 is 3.00 bits per heavy atom. The molecule has 0 aliphatic carbocycles. The van der Waals surface area contributed by atoms with Crippen LogP contribution in [0.15, 0.2) is 18.2 Å². The number of benzene rings is 1. The minimum Gasteiger partial charge on any atom is -0.330 e. The van der Waals surface area contributed by atoms with Crippen LogP contribution in [0.5, 0.6) is 0 Å². The van der Waals surface area contributed by atoms with Gasteiger partial charge in [0.2, 0.25) is 0 Å². The van der Waals surface area contributed by atoms with Crippen LogP contribution in [0.3, 0.4) is 0 Å². The highest BCUT2D eigenvalue weighted by atomic mass is 35.5. The number of aryl methyl sites for hydroxylation is 1. The number of halogens is 1. The number of aromatic nitrogens is 2. The maximum absolute atomic E-state index is 5.92. The predicted molar refractivity (Wildman–Crippen MR) is 58.5 cm³/mol. The first-order valence-corrected chi connectivity index (χ1v) is 4.85. The van der Waals surface area contributed by atoms with E-state index in [1.807, 2.05) is 32.3 Å². The quantitative estimate of drug-likeness (QED) is 0.820. The number of rotatable bonds is 2. The third-order valence-electron chi connectivity index (χ3n) is 2.27. The van der Waals surface area contributed by atoms with Crippen molar-refractivity contribution in [3.8, 4) is 0 Å². The molecule has 1 N–H and O–H groups in total. The molecule has 0 aliphatic heterocycles. The van der Waals surface area contributed by atoms with Gasteiger partial charge >= 0.3 is 0 Å². The van der Waals surface area contributed by atoms with E-state index in [0.717, 1.165) is 28.4 Å². The molecule has 0 spiro atoms. The molecule has 1 aromatic heterocycles. The van der Waals surface area contributed by atoms with Crippen LogP contribution in [-0.4, -0.2) is 16.6 Å². The summed E-state index contributed by atoms with van der Waals surface area (Å²) in [5, 5.41) is 3.83. The van der Waals surface area contributed by atoms with Gasteiger partial charge in [-0.05, 0) is 25.2 Å². The number of nitrogens with one attached hydrogen (secondary N) is 1. The SMILES string of the molecule is CNCc1nc2ccc(Cl)cc2n1C. The van der Waals surface area contributed by atoms with E-state index < -0.39 is 0 Å². The monoisotopic (exact) mass is 209 g/mol. The largest absolute Gasteiger partial charge is 0.330 e. The van der Waals surface area contributed by atoms with E-state index in [9.17, 15) is 0 Å². The fourth-order valence-electron chi connectivity index (χ4n) is 1.53. The van der Waals surface area contributed by atoms with E-state index in [-0.39, 0.29) is 0 Å². The summed E-state index contributed by atoms with van der Waals surface area (Å²) in [6, 6.07) is 5.74. The second-order valence-corrected chi connectivity index (χ2v) is 3.69. The van der Waals surface area contributed by atoms with Gasteiger partial charge in [-0.3, -0.25) is 0 Å². The zero-order valence-corrected chi connectivity index (χ0v) is 8.97. The van der Waals surface area contributed by atoms with Crippen molar-refractivity contribution < 1.29 is 0 Å². The first-order chi connectivity index (χ1) is 6.72. The van der Waals surface area contributed by atoms with E-state index in [1.165, 1.54) is 0 Å². The topological polar surface area (TPSA) is 29.9 Å². The number of hydrogen-bond donors (Lipinski definition) is 1. The summed E-state index contributed by atoms with van der Waals surface area (Å²) in [7, 11) is 3.91. The summed E-state index contributed by atoms with van der Waals surface area (Å²) >= 11 is 5.92. The summed E-state index contributed by atoms with van der Waals surface area (Å²) in [6.45, 7) is 0.767. The van der Waals surface area contributed by atoms with E-state index in [1.54, 1.807) is 0 Å². The number of nitrogens with zero attached hydrogens (tertiary/aromatic N) is 2. The Bertz CT molecular complexity index is 462. The summed E-state index contributed by atoms with van der Waals surface area (Å²) in [5.74, 6) is 1.02. The van der Waals surface area contributed by atoms with Gasteiger partial charge in [-0.15, -0.1) is 0 Å². The van der Waals surface area contributed by atoms with Gasteiger partial charge in [-0.25, -0.2) is 4.98 Å². The molecule has 0 atom stereocenters. The summed E-state index contributed by atoms with van der Waals surface area (Å²) < 4.78 is 2.05. The van der Waals surface area contributed by atoms with Crippen molar-refractivity contribution in [2.75, 3.05) is 7.05 Å². The van der Waals surface area contributed by atoms with Gasteiger partial charge in [-0.1, -0.05) is 11.6 Å². The fraction of sp³-hybridized carbons (Fsp3) is 0.300. The lowest BCUT2D eigenvalue weighted by Crippen LogP contribution is -2.10. The van der Waals surface area contributed by atoms with Crippen molar-refractivity contribution in [1.29, 1.82) is 0 Å². The molecule has 74 valence electrons. The Hall–Kier alpha value is -1.06. The van der Waals surface area contributed by atoms with Crippen LogP contribution < -0.4 is 5.32 Å². The van der Waals surface area contributed by atoms with Crippen molar-refractivity contribution in [3.05, 3.63) is 29.0 Å². The lowest BCUT2D eigenvalue weighted by Gasteiger charge is -2.00. The summed E-state index contributed by atoms with van der Waals surface area (Å²) in [6.07, 6.45) is 0. The molecule has 14 heavy (non-hydrogen) atoms. The second kappa shape index (κ2) is 3.59. The molecule has 0 fully saturated rings. The lowest BCUT2D eigenvalue weighted by atomic mass is 10.3. The normalized spacial score (nSPS) is 11.1. The van der Waals surface area contributed by atoms with Crippen molar-refractivity contribution in [1.82, 2.24) is 14.9 Å². The predicted octanol–water partition coefficient (Wildman–Crippen LogP) is 1.95. The highest BCUT2D eigenvalue weighted by Crippen LogP contribution is 2.19. The Balaban J connectivity index is 2.62. The Morgan fingerprint density at radius 2 is 2.29 bits per heavy atom. The highest BCUT2D eigenvalue weighted by Gasteiger charge is 2.06. The Kier molecular flexibility index (Phi) is 2.44. The van der Waals surface area contributed by atoms with Crippen LogP contribution in [0.2, 0.25) is 5.02 Å².